The largest absolute Gasteiger partial charge is 0.466 e. The average Bonchev–Trinajstić information content (AvgIpc) is 3.06. The number of rotatable bonds is 7. The number of hydrogen-bond acceptors (Lipinski definition) is 4. The molecule has 1 atom stereocenters. The highest BCUT2D eigenvalue weighted by atomic mass is 32.2. The van der Waals surface area contributed by atoms with Crippen LogP contribution in [0.1, 0.15) is 12.7 Å². The van der Waals surface area contributed by atoms with Gasteiger partial charge in [-0.15, -0.1) is 11.8 Å². The van der Waals surface area contributed by atoms with Crippen LogP contribution in [0.25, 0.3) is 0 Å². The van der Waals surface area contributed by atoms with Crippen LogP contribution in [0, 0.1) is 5.82 Å². The van der Waals surface area contributed by atoms with Gasteiger partial charge >= 0.3 is 6.03 Å². The molecule has 3 N–H and O–H groups in total. The van der Waals surface area contributed by atoms with Gasteiger partial charge in [-0.1, -0.05) is 12.1 Å². The van der Waals surface area contributed by atoms with E-state index in [0.29, 0.717) is 23.0 Å². The molecule has 5 nitrogen and oxygen atoms in total. The lowest BCUT2D eigenvalue weighted by Crippen LogP contribution is -2.43. The third kappa shape index (κ3) is 5.30. The molecule has 124 valence electrons. The zero-order chi connectivity index (χ0) is 16.7. The summed E-state index contributed by atoms with van der Waals surface area (Å²) in [4.78, 5) is 12.2. The maximum atomic E-state index is 13.4. The summed E-state index contributed by atoms with van der Waals surface area (Å²) in [6.07, 6.45) is 1.46. The number of furan rings is 1. The minimum Gasteiger partial charge on any atom is -0.466 e. The second-order valence-corrected chi connectivity index (χ2v) is 6.28. The van der Waals surface area contributed by atoms with Gasteiger partial charge in [0.25, 0.3) is 0 Å². The first kappa shape index (κ1) is 17.4. The Kier molecular flexibility index (Phi) is 6.06. The maximum Gasteiger partial charge on any atom is 0.314 e. The van der Waals surface area contributed by atoms with Crippen molar-refractivity contribution < 1.29 is 18.7 Å². The van der Waals surface area contributed by atoms with Gasteiger partial charge in [-0.05, 0) is 31.2 Å². The highest BCUT2D eigenvalue weighted by molar-refractivity contribution is 7.99. The summed E-state index contributed by atoms with van der Waals surface area (Å²) in [5.74, 6) is 0.660. The summed E-state index contributed by atoms with van der Waals surface area (Å²) in [5.41, 5.74) is -1.28. The summed E-state index contributed by atoms with van der Waals surface area (Å²) >= 11 is 1.33. The van der Waals surface area contributed by atoms with Crippen LogP contribution in [0.5, 0.6) is 0 Å². The van der Waals surface area contributed by atoms with E-state index in [1.165, 1.54) is 24.1 Å². The normalized spacial score (nSPS) is 13.3. The quantitative estimate of drug-likeness (QED) is 0.536. The first-order valence-electron chi connectivity index (χ1n) is 7.14. The number of urea groups is 1. The van der Waals surface area contributed by atoms with E-state index in [1.807, 2.05) is 0 Å². The molecular formula is C16H19FN2O3S. The van der Waals surface area contributed by atoms with Crippen LogP contribution in [0.15, 0.2) is 52.0 Å². The number of benzene rings is 1. The van der Waals surface area contributed by atoms with Crippen molar-refractivity contribution in [1.29, 1.82) is 0 Å². The lowest BCUT2D eigenvalue weighted by molar-refractivity contribution is 0.0368. The molecule has 0 spiro atoms. The molecule has 0 bridgehead atoms. The minimum absolute atomic E-state index is 0.0206. The van der Waals surface area contributed by atoms with Crippen molar-refractivity contribution in [3.05, 3.63) is 54.2 Å². The van der Waals surface area contributed by atoms with Crippen LogP contribution in [-0.4, -0.2) is 30.0 Å². The number of carbonyl (C=O) groups is 1. The Hall–Kier alpha value is -1.99. The van der Waals surface area contributed by atoms with Gasteiger partial charge in [-0.3, -0.25) is 0 Å². The number of hydrogen-bond donors (Lipinski definition) is 3. The van der Waals surface area contributed by atoms with Gasteiger partial charge in [-0.25, -0.2) is 9.18 Å². The van der Waals surface area contributed by atoms with Gasteiger partial charge in [0, 0.05) is 17.2 Å². The number of carbonyl (C=O) groups excluding carboxylic acids is 1. The van der Waals surface area contributed by atoms with Crippen LogP contribution >= 0.6 is 11.8 Å². The molecule has 1 aromatic heterocycles. The zero-order valence-corrected chi connectivity index (χ0v) is 13.5. The number of amides is 2. The number of thioether (sulfide) groups is 1. The van der Waals surface area contributed by atoms with E-state index in [9.17, 15) is 14.3 Å². The fourth-order valence-electron chi connectivity index (χ4n) is 1.87. The van der Waals surface area contributed by atoms with Crippen molar-refractivity contribution >= 4 is 17.8 Å². The highest BCUT2D eigenvalue weighted by Gasteiger charge is 2.26. The van der Waals surface area contributed by atoms with E-state index >= 15 is 0 Å². The summed E-state index contributed by atoms with van der Waals surface area (Å²) in [6, 6.07) is 9.41. The Labute approximate surface area is 138 Å². The topological polar surface area (TPSA) is 74.5 Å². The third-order valence-electron chi connectivity index (χ3n) is 3.13. The summed E-state index contributed by atoms with van der Waals surface area (Å²) in [7, 11) is 0. The molecular weight excluding hydrogens is 319 g/mol. The van der Waals surface area contributed by atoms with Crippen LogP contribution in [-0.2, 0) is 5.60 Å². The molecule has 0 radical (unpaired) electrons. The van der Waals surface area contributed by atoms with Crippen molar-refractivity contribution in [2.45, 2.75) is 17.4 Å². The Balaban J connectivity index is 1.67. The molecule has 2 rings (SSSR count). The fraction of sp³-hybridized carbons (Fsp3) is 0.312. The Morgan fingerprint density at radius 1 is 1.30 bits per heavy atom. The third-order valence-corrected chi connectivity index (χ3v) is 4.18. The summed E-state index contributed by atoms with van der Waals surface area (Å²) in [6.45, 7) is 1.96. The molecule has 0 saturated carbocycles. The molecule has 2 aromatic rings. The molecule has 1 heterocycles. The maximum absolute atomic E-state index is 13.4. The molecule has 0 fully saturated rings. The van der Waals surface area contributed by atoms with Gasteiger partial charge in [0.1, 0.15) is 17.2 Å². The van der Waals surface area contributed by atoms with E-state index in [-0.39, 0.29) is 12.4 Å². The zero-order valence-electron chi connectivity index (χ0n) is 12.7. The van der Waals surface area contributed by atoms with Crippen LogP contribution in [0.4, 0.5) is 9.18 Å². The first-order valence-corrected chi connectivity index (χ1v) is 8.13. The Bertz CT molecular complexity index is 632. The van der Waals surface area contributed by atoms with E-state index in [4.69, 9.17) is 4.42 Å². The van der Waals surface area contributed by atoms with E-state index < -0.39 is 11.6 Å². The lowest BCUT2D eigenvalue weighted by Gasteiger charge is -2.21. The molecule has 0 unspecified atom stereocenters. The monoisotopic (exact) mass is 338 g/mol. The molecule has 0 aliphatic rings. The molecule has 7 heteroatoms. The van der Waals surface area contributed by atoms with Crippen molar-refractivity contribution in [3.63, 3.8) is 0 Å². The van der Waals surface area contributed by atoms with Crippen molar-refractivity contribution in [2.75, 3.05) is 18.8 Å². The predicted molar refractivity (Wildman–Crippen MR) is 86.8 cm³/mol. The minimum atomic E-state index is -1.28. The molecule has 0 aliphatic heterocycles. The van der Waals surface area contributed by atoms with Gasteiger partial charge in [-0.2, -0.15) is 0 Å². The highest BCUT2D eigenvalue weighted by Crippen LogP contribution is 2.21. The molecule has 0 saturated heterocycles. The standard InChI is InChI=1S/C16H19FN2O3S/c1-16(21,14-7-4-9-22-14)11-19-15(20)18-8-10-23-13-6-3-2-5-12(13)17/h2-7,9,21H,8,10-11H2,1H3,(H2,18,19,20)/t16-/m0/s1. The van der Waals surface area contributed by atoms with Gasteiger partial charge in [0.05, 0.1) is 12.8 Å². The molecule has 0 aliphatic carbocycles. The van der Waals surface area contributed by atoms with Gasteiger partial charge < -0.3 is 20.2 Å². The second kappa shape index (κ2) is 8.03. The van der Waals surface area contributed by atoms with Gasteiger partial charge in [0.15, 0.2) is 0 Å². The summed E-state index contributed by atoms with van der Waals surface area (Å²) in [5, 5.41) is 15.4. The van der Waals surface area contributed by atoms with E-state index in [1.54, 1.807) is 37.3 Å². The second-order valence-electron chi connectivity index (χ2n) is 5.14. The first-order chi connectivity index (χ1) is 11.0. The summed E-state index contributed by atoms with van der Waals surface area (Å²) < 4.78 is 18.5. The van der Waals surface area contributed by atoms with Crippen LogP contribution in [0.3, 0.4) is 0 Å². The predicted octanol–water partition coefficient (Wildman–Crippen LogP) is 2.72. The van der Waals surface area contributed by atoms with Crippen molar-refractivity contribution in [2.24, 2.45) is 0 Å². The lowest BCUT2D eigenvalue weighted by atomic mass is 10.0. The molecule has 2 amide bonds. The van der Waals surface area contributed by atoms with Crippen LogP contribution < -0.4 is 10.6 Å². The number of halogens is 1. The van der Waals surface area contributed by atoms with E-state index in [0.717, 1.165) is 0 Å². The Morgan fingerprint density at radius 2 is 2.09 bits per heavy atom. The van der Waals surface area contributed by atoms with Crippen molar-refractivity contribution in [1.82, 2.24) is 10.6 Å². The smallest absolute Gasteiger partial charge is 0.314 e. The SMILES string of the molecule is C[C@](O)(CNC(=O)NCCSc1ccccc1F)c1ccco1. The molecule has 1 aromatic carbocycles. The van der Waals surface area contributed by atoms with Crippen LogP contribution in [0.2, 0.25) is 0 Å². The Morgan fingerprint density at radius 3 is 2.78 bits per heavy atom. The number of nitrogens with one attached hydrogen (secondary N) is 2. The van der Waals surface area contributed by atoms with Crippen molar-refractivity contribution in [3.8, 4) is 0 Å². The average molecular weight is 338 g/mol. The fourth-order valence-corrected chi connectivity index (χ4v) is 2.68. The molecule has 23 heavy (non-hydrogen) atoms. The van der Waals surface area contributed by atoms with E-state index in [2.05, 4.69) is 10.6 Å². The van der Waals surface area contributed by atoms with Gasteiger partial charge in [0.2, 0.25) is 0 Å². The number of aliphatic hydroxyl groups is 1.